The van der Waals surface area contributed by atoms with Crippen LogP contribution in [0.2, 0.25) is 0 Å². The summed E-state index contributed by atoms with van der Waals surface area (Å²) in [6.45, 7) is 1.54. The van der Waals surface area contributed by atoms with Crippen molar-refractivity contribution in [2.75, 3.05) is 25.5 Å². The van der Waals surface area contributed by atoms with Gasteiger partial charge in [-0.2, -0.15) is 5.10 Å². The molecular formula is C24H25N5O5. The van der Waals surface area contributed by atoms with Gasteiger partial charge in [-0.1, -0.05) is 0 Å². The summed E-state index contributed by atoms with van der Waals surface area (Å²) in [5, 5.41) is 12.2. The number of nitrogens with one attached hydrogen (secondary N) is 3. The molecule has 0 atom stereocenters. The lowest BCUT2D eigenvalue weighted by molar-refractivity contribution is -0.121. The molecule has 0 saturated heterocycles. The molecule has 3 amide bonds. The molecule has 0 saturated carbocycles. The maximum Gasteiger partial charge on any atom is 0.267 e. The summed E-state index contributed by atoms with van der Waals surface area (Å²) >= 11 is 0. The Morgan fingerprint density at radius 3 is 2.24 bits per heavy atom. The van der Waals surface area contributed by atoms with Crippen LogP contribution in [-0.4, -0.2) is 47.7 Å². The summed E-state index contributed by atoms with van der Waals surface area (Å²) in [7, 11) is 1.57. The molecule has 1 aromatic heterocycles. The van der Waals surface area contributed by atoms with E-state index in [2.05, 4.69) is 21.0 Å². The lowest BCUT2D eigenvalue weighted by atomic mass is 10.1. The van der Waals surface area contributed by atoms with Crippen molar-refractivity contribution in [2.45, 2.75) is 13.5 Å². The summed E-state index contributed by atoms with van der Waals surface area (Å²) in [5.41, 5.74) is 1.95. The molecule has 10 heteroatoms. The number of carbonyl (C=O) groups excluding carboxylic acids is 3. The van der Waals surface area contributed by atoms with Gasteiger partial charge in [-0.3, -0.25) is 19.2 Å². The quantitative estimate of drug-likeness (QED) is 0.412. The normalized spacial score (nSPS) is 10.3. The number of aromatic nitrogens is 2. The fourth-order valence-electron chi connectivity index (χ4n) is 3.06. The fourth-order valence-corrected chi connectivity index (χ4v) is 3.06. The molecule has 2 aromatic carbocycles. The highest BCUT2D eigenvalue weighted by atomic mass is 16.5. The maximum absolute atomic E-state index is 12.3. The van der Waals surface area contributed by atoms with Gasteiger partial charge in [-0.25, -0.2) is 4.68 Å². The van der Waals surface area contributed by atoms with Crippen LogP contribution in [-0.2, 0) is 16.1 Å². The third-order valence-electron chi connectivity index (χ3n) is 4.75. The van der Waals surface area contributed by atoms with Crippen molar-refractivity contribution in [1.29, 1.82) is 0 Å². The average Bonchev–Trinajstić information content (AvgIpc) is 2.83. The Labute approximate surface area is 195 Å². The van der Waals surface area contributed by atoms with Crippen LogP contribution in [0.15, 0.2) is 65.5 Å². The van der Waals surface area contributed by atoms with Crippen LogP contribution in [0.25, 0.3) is 11.3 Å². The fraction of sp³-hybridized carbons (Fsp3) is 0.208. The van der Waals surface area contributed by atoms with Gasteiger partial charge in [0, 0.05) is 42.9 Å². The predicted molar refractivity (Wildman–Crippen MR) is 127 cm³/mol. The van der Waals surface area contributed by atoms with Gasteiger partial charge < -0.3 is 20.7 Å². The van der Waals surface area contributed by atoms with E-state index in [9.17, 15) is 19.2 Å². The van der Waals surface area contributed by atoms with Crippen molar-refractivity contribution in [3.05, 3.63) is 76.6 Å². The Hall–Kier alpha value is -4.47. The number of anilines is 1. The molecule has 0 unspecified atom stereocenters. The number of rotatable bonds is 9. The Morgan fingerprint density at radius 1 is 0.912 bits per heavy atom. The van der Waals surface area contributed by atoms with Crippen molar-refractivity contribution < 1.29 is 19.1 Å². The molecular weight excluding hydrogens is 438 g/mol. The molecule has 3 aromatic rings. The molecule has 0 aliphatic carbocycles. The van der Waals surface area contributed by atoms with Gasteiger partial charge in [0.2, 0.25) is 11.8 Å². The lowest BCUT2D eigenvalue weighted by Gasteiger charge is -2.10. The van der Waals surface area contributed by atoms with Gasteiger partial charge in [0.05, 0.1) is 12.8 Å². The van der Waals surface area contributed by atoms with Gasteiger partial charge in [-0.15, -0.1) is 0 Å². The van der Waals surface area contributed by atoms with Gasteiger partial charge in [0.15, 0.2) is 0 Å². The van der Waals surface area contributed by atoms with Crippen LogP contribution in [0, 0.1) is 0 Å². The Morgan fingerprint density at radius 2 is 1.59 bits per heavy atom. The van der Waals surface area contributed by atoms with E-state index in [0.717, 1.165) is 10.2 Å². The van der Waals surface area contributed by atoms with Crippen molar-refractivity contribution in [2.24, 2.45) is 0 Å². The molecule has 10 nitrogen and oxygen atoms in total. The van der Waals surface area contributed by atoms with E-state index in [4.69, 9.17) is 4.74 Å². The number of ether oxygens (including phenoxy) is 1. The Balaban J connectivity index is 1.48. The third kappa shape index (κ3) is 6.76. The SMILES string of the molecule is COc1ccc(-c2ccc(=O)n(CC(=O)NCCNC(=O)c3ccc(NC(C)=O)cc3)n2)cc1. The molecule has 34 heavy (non-hydrogen) atoms. The van der Waals surface area contributed by atoms with Gasteiger partial charge >= 0.3 is 0 Å². The monoisotopic (exact) mass is 463 g/mol. The first kappa shape index (κ1) is 24.2. The second-order valence-corrected chi connectivity index (χ2v) is 7.31. The highest BCUT2D eigenvalue weighted by Gasteiger charge is 2.09. The zero-order valence-corrected chi connectivity index (χ0v) is 18.8. The van der Waals surface area contributed by atoms with Gasteiger partial charge in [0.25, 0.3) is 11.5 Å². The second-order valence-electron chi connectivity index (χ2n) is 7.31. The highest BCUT2D eigenvalue weighted by molar-refractivity contribution is 5.95. The largest absolute Gasteiger partial charge is 0.497 e. The smallest absolute Gasteiger partial charge is 0.267 e. The number of amides is 3. The van der Waals surface area contributed by atoms with Crippen LogP contribution >= 0.6 is 0 Å². The molecule has 176 valence electrons. The summed E-state index contributed by atoms with van der Waals surface area (Å²) in [6.07, 6.45) is 0. The van der Waals surface area contributed by atoms with E-state index in [1.807, 2.05) is 12.1 Å². The topological polar surface area (TPSA) is 131 Å². The van der Waals surface area contributed by atoms with E-state index in [-0.39, 0.29) is 31.4 Å². The molecule has 0 fully saturated rings. The van der Waals surface area contributed by atoms with E-state index in [1.54, 1.807) is 49.6 Å². The molecule has 0 spiro atoms. The average molecular weight is 463 g/mol. The van der Waals surface area contributed by atoms with E-state index >= 15 is 0 Å². The van der Waals surface area contributed by atoms with Crippen LogP contribution in [0.4, 0.5) is 5.69 Å². The van der Waals surface area contributed by atoms with E-state index in [1.165, 1.54) is 13.0 Å². The third-order valence-corrected chi connectivity index (χ3v) is 4.75. The maximum atomic E-state index is 12.3. The zero-order valence-electron chi connectivity index (χ0n) is 18.8. The summed E-state index contributed by atoms with van der Waals surface area (Å²) in [5.74, 6) is -0.215. The van der Waals surface area contributed by atoms with Crippen LogP contribution in [0.1, 0.15) is 17.3 Å². The van der Waals surface area contributed by atoms with Crippen molar-refractivity contribution in [3.8, 4) is 17.0 Å². The van der Waals surface area contributed by atoms with Crippen molar-refractivity contribution in [1.82, 2.24) is 20.4 Å². The molecule has 0 aliphatic rings. The summed E-state index contributed by atoms with van der Waals surface area (Å²) < 4.78 is 6.22. The standard InChI is InChI=1S/C24H25N5O5/c1-16(30)27-19-7-3-18(4-8-19)24(33)26-14-13-25-22(31)15-29-23(32)12-11-21(28-29)17-5-9-20(34-2)10-6-17/h3-12H,13-15H2,1-2H3,(H,25,31)(H,26,33)(H,27,30). The molecule has 0 bridgehead atoms. The summed E-state index contributed by atoms with van der Waals surface area (Å²) in [6, 6.07) is 16.6. The van der Waals surface area contributed by atoms with Gasteiger partial charge in [0.1, 0.15) is 12.3 Å². The first-order valence-electron chi connectivity index (χ1n) is 10.5. The minimum Gasteiger partial charge on any atom is -0.497 e. The van der Waals surface area contributed by atoms with Crippen LogP contribution < -0.4 is 26.2 Å². The molecule has 3 rings (SSSR count). The van der Waals surface area contributed by atoms with Crippen molar-refractivity contribution >= 4 is 23.4 Å². The Bertz CT molecular complexity index is 1220. The number of hydrogen-bond donors (Lipinski definition) is 3. The number of nitrogens with zero attached hydrogens (tertiary/aromatic N) is 2. The first-order valence-corrected chi connectivity index (χ1v) is 10.5. The number of methoxy groups -OCH3 is 1. The van der Waals surface area contributed by atoms with E-state index in [0.29, 0.717) is 22.7 Å². The minimum atomic E-state index is -0.407. The Kier molecular flexibility index (Phi) is 8.11. The van der Waals surface area contributed by atoms with Crippen LogP contribution in [0.5, 0.6) is 5.75 Å². The lowest BCUT2D eigenvalue weighted by Crippen LogP contribution is -2.38. The first-order chi connectivity index (χ1) is 16.4. The molecule has 0 aliphatic heterocycles. The number of carbonyl (C=O) groups is 3. The zero-order chi connectivity index (χ0) is 24.5. The molecule has 0 radical (unpaired) electrons. The van der Waals surface area contributed by atoms with Crippen molar-refractivity contribution in [3.63, 3.8) is 0 Å². The van der Waals surface area contributed by atoms with Gasteiger partial charge in [-0.05, 0) is 54.6 Å². The van der Waals surface area contributed by atoms with E-state index < -0.39 is 11.5 Å². The minimum absolute atomic E-state index is 0.182. The summed E-state index contributed by atoms with van der Waals surface area (Å²) in [4.78, 5) is 47.6. The predicted octanol–water partition coefficient (Wildman–Crippen LogP) is 1.42. The van der Waals surface area contributed by atoms with Crippen LogP contribution in [0.3, 0.4) is 0 Å². The second kappa shape index (κ2) is 11.4. The number of hydrogen-bond acceptors (Lipinski definition) is 6. The molecule has 3 N–H and O–H groups in total. The molecule has 1 heterocycles. The number of benzene rings is 2. The highest BCUT2D eigenvalue weighted by Crippen LogP contribution is 2.19.